The maximum absolute atomic E-state index is 13.0. The molecule has 0 atom stereocenters. The van der Waals surface area contributed by atoms with E-state index < -0.39 is 0 Å². The number of aromatic nitrogens is 2. The van der Waals surface area contributed by atoms with Crippen molar-refractivity contribution in [2.75, 3.05) is 31.1 Å². The van der Waals surface area contributed by atoms with E-state index >= 15 is 0 Å². The van der Waals surface area contributed by atoms with Crippen LogP contribution in [0.4, 0.5) is 5.82 Å². The van der Waals surface area contributed by atoms with Gasteiger partial charge in [-0.3, -0.25) is 19.3 Å². The summed E-state index contributed by atoms with van der Waals surface area (Å²) in [5.74, 6) is 1.90. The topological polar surface area (TPSA) is 74.4 Å². The molecule has 0 radical (unpaired) electrons. The molecule has 36 heavy (non-hydrogen) atoms. The fourth-order valence-electron chi connectivity index (χ4n) is 4.06. The minimum absolute atomic E-state index is 0. The first-order valence-corrected chi connectivity index (χ1v) is 12.2. The Labute approximate surface area is 223 Å². The Kier molecular flexibility index (Phi) is 9.38. The molecular formula is C27H31Cl2N5O2. The number of ether oxygens (including phenoxy) is 1. The zero-order valence-electron chi connectivity index (χ0n) is 20.8. The lowest BCUT2D eigenvalue weighted by Gasteiger charge is -2.33. The van der Waals surface area contributed by atoms with Crippen LogP contribution in [0, 0.1) is 24.2 Å². The highest BCUT2D eigenvalue weighted by molar-refractivity contribution is 6.30. The van der Waals surface area contributed by atoms with Crippen molar-refractivity contribution in [1.82, 2.24) is 14.7 Å². The highest BCUT2D eigenvalue weighted by atomic mass is 35.5. The third-order valence-corrected chi connectivity index (χ3v) is 6.18. The lowest BCUT2D eigenvalue weighted by molar-refractivity contribution is -0.121. The second-order valence-electron chi connectivity index (χ2n) is 9.32. The highest BCUT2D eigenvalue weighted by Crippen LogP contribution is 2.26. The number of halogens is 2. The van der Waals surface area contributed by atoms with Crippen LogP contribution in [0.25, 0.3) is 0 Å². The van der Waals surface area contributed by atoms with Crippen LogP contribution in [0.3, 0.4) is 0 Å². The third-order valence-electron chi connectivity index (χ3n) is 5.95. The van der Waals surface area contributed by atoms with Crippen LogP contribution in [0.2, 0.25) is 5.02 Å². The number of nitriles is 1. The Morgan fingerprint density at radius 3 is 2.53 bits per heavy atom. The third kappa shape index (κ3) is 6.79. The Bertz CT molecular complexity index is 1230. The molecule has 1 aliphatic heterocycles. The largest absolute Gasteiger partial charge is 0.493 e. The first kappa shape index (κ1) is 27.5. The number of hydrogen-bond acceptors (Lipinski definition) is 5. The summed E-state index contributed by atoms with van der Waals surface area (Å²) >= 11 is 6.26. The van der Waals surface area contributed by atoms with E-state index in [0.717, 1.165) is 29.1 Å². The van der Waals surface area contributed by atoms with Gasteiger partial charge in [0.2, 0.25) is 5.91 Å². The highest BCUT2D eigenvalue weighted by Gasteiger charge is 2.27. The second-order valence-corrected chi connectivity index (χ2v) is 9.76. The number of benzene rings is 2. The molecule has 0 bridgehead atoms. The molecule has 2 aromatic carbocycles. The van der Waals surface area contributed by atoms with Gasteiger partial charge < -0.3 is 4.74 Å². The number of piperazine rings is 1. The molecule has 7 nitrogen and oxygen atoms in total. The molecule has 3 aromatic rings. The van der Waals surface area contributed by atoms with E-state index in [9.17, 15) is 4.79 Å². The number of anilines is 1. The van der Waals surface area contributed by atoms with Crippen LogP contribution >= 0.6 is 24.0 Å². The Balaban J connectivity index is 0.00000361. The molecule has 9 heteroatoms. The second kappa shape index (κ2) is 12.3. The van der Waals surface area contributed by atoms with Crippen molar-refractivity contribution in [3.8, 4) is 11.8 Å². The quantitative estimate of drug-likeness (QED) is 0.408. The molecule has 0 unspecified atom stereocenters. The van der Waals surface area contributed by atoms with Crippen molar-refractivity contribution < 1.29 is 9.53 Å². The molecule has 0 aliphatic carbocycles. The molecule has 1 aromatic heterocycles. The number of nitrogens with zero attached hydrogens (tertiary/aromatic N) is 5. The normalized spacial score (nSPS) is 14.0. The summed E-state index contributed by atoms with van der Waals surface area (Å²) in [6, 6.07) is 17.2. The maximum Gasteiger partial charge on any atom is 0.242 e. The lowest BCUT2D eigenvalue weighted by atomic mass is 10.1. The SMILES string of the molecule is Cc1cc(N2CCN(Cc3ccc(C#N)cc3)CC2=O)nn1Cc1cc(Cl)ccc1OCC(C)C.Cl. The van der Waals surface area contributed by atoms with Crippen molar-refractivity contribution in [1.29, 1.82) is 5.26 Å². The number of carbonyl (C=O) groups is 1. The van der Waals surface area contributed by atoms with Gasteiger partial charge in [0, 0.05) is 42.0 Å². The van der Waals surface area contributed by atoms with E-state index in [-0.39, 0.29) is 18.3 Å². The van der Waals surface area contributed by atoms with E-state index in [4.69, 9.17) is 26.7 Å². The van der Waals surface area contributed by atoms with Crippen molar-refractivity contribution in [3.63, 3.8) is 0 Å². The smallest absolute Gasteiger partial charge is 0.242 e. The van der Waals surface area contributed by atoms with E-state index in [1.165, 1.54) is 0 Å². The summed E-state index contributed by atoms with van der Waals surface area (Å²) in [4.78, 5) is 16.9. The van der Waals surface area contributed by atoms with Crippen LogP contribution in [-0.2, 0) is 17.9 Å². The molecule has 1 fully saturated rings. The Hall–Kier alpha value is -3.05. The molecule has 2 heterocycles. The molecule has 4 rings (SSSR count). The molecular weight excluding hydrogens is 497 g/mol. The van der Waals surface area contributed by atoms with Gasteiger partial charge in [0.15, 0.2) is 5.82 Å². The molecule has 0 saturated carbocycles. The summed E-state index contributed by atoms with van der Waals surface area (Å²) in [5.41, 5.74) is 3.64. The van der Waals surface area contributed by atoms with Gasteiger partial charge in [0.05, 0.1) is 31.3 Å². The van der Waals surface area contributed by atoms with Crippen LogP contribution in [0.1, 0.15) is 36.2 Å². The standard InChI is InChI=1S/C27H30ClN5O2.ClH/c1-19(2)18-35-25-9-8-24(28)13-23(25)16-33-20(3)12-26(30-33)32-11-10-31(17-27(32)34)15-22-6-4-21(14-29)5-7-22;/h4-9,12-13,19H,10-11,15-18H2,1-3H3;1H. The van der Waals surface area contributed by atoms with Crippen molar-refractivity contribution >= 4 is 35.7 Å². The first-order chi connectivity index (χ1) is 16.8. The average molecular weight is 528 g/mol. The average Bonchev–Trinajstić information content (AvgIpc) is 3.18. The van der Waals surface area contributed by atoms with Gasteiger partial charge in [-0.1, -0.05) is 37.6 Å². The predicted octanol–water partition coefficient (Wildman–Crippen LogP) is 5.07. The molecule has 1 saturated heterocycles. The zero-order valence-corrected chi connectivity index (χ0v) is 22.3. The minimum Gasteiger partial charge on any atom is -0.493 e. The number of aryl methyl sites for hydroxylation is 1. The number of carbonyl (C=O) groups excluding carboxylic acids is 1. The predicted molar refractivity (Wildman–Crippen MR) is 144 cm³/mol. The van der Waals surface area contributed by atoms with Crippen molar-refractivity contribution in [3.05, 3.63) is 75.9 Å². The minimum atomic E-state index is 0. The zero-order chi connectivity index (χ0) is 24.9. The summed E-state index contributed by atoms with van der Waals surface area (Å²) in [7, 11) is 0. The van der Waals surface area contributed by atoms with Gasteiger partial charge in [0.1, 0.15) is 5.75 Å². The fraction of sp³-hybridized carbons (Fsp3) is 0.370. The Morgan fingerprint density at radius 1 is 1.11 bits per heavy atom. The van der Waals surface area contributed by atoms with Crippen LogP contribution in [0.5, 0.6) is 5.75 Å². The van der Waals surface area contributed by atoms with Gasteiger partial charge in [-0.05, 0) is 48.7 Å². The van der Waals surface area contributed by atoms with Gasteiger partial charge in [0.25, 0.3) is 0 Å². The van der Waals surface area contributed by atoms with Gasteiger partial charge in [-0.25, -0.2) is 0 Å². The van der Waals surface area contributed by atoms with Gasteiger partial charge in [-0.2, -0.15) is 10.4 Å². The monoisotopic (exact) mass is 527 g/mol. The number of rotatable bonds is 8. The summed E-state index contributed by atoms with van der Waals surface area (Å²) in [6.45, 7) is 9.67. The molecule has 190 valence electrons. The lowest BCUT2D eigenvalue weighted by Crippen LogP contribution is -2.50. The van der Waals surface area contributed by atoms with Gasteiger partial charge in [-0.15, -0.1) is 12.4 Å². The summed E-state index contributed by atoms with van der Waals surface area (Å²) in [6.07, 6.45) is 0. The van der Waals surface area contributed by atoms with E-state index in [1.807, 2.05) is 60.1 Å². The molecule has 0 spiro atoms. The van der Waals surface area contributed by atoms with Crippen LogP contribution in [0.15, 0.2) is 48.5 Å². The van der Waals surface area contributed by atoms with Gasteiger partial charge >= 0.3 is 0 Å². The summed E-state index contributed by atoms with van der Waals surface area (Å²) in [5, 5.41) is 14.4. The van der Waals surface area contributed by atoms with E-state index in [1.54, 1.807) is 4.90 Å². The van der Waals surface area contributed by atoms with Crippen molar-refractivity contribution in [2.45, 2.75) is 33.9 Å². The van der Waals surface area contributed by atoms with Crippen LogP contribution in [-0.4, -0.2) is 46.8 Å². The van der Waals surface area contributed by atoms with Crippen LogP contribution < -0.4 is 9.64 Å². The molecule has 0 N–H and O–H groups in total. The molecule has 1 aliphatic rings. The van der Waals surface area contributed by atoms with E-state index in [2.05, 4.69) is 24.8 Å². The van der Waals surface area contributed by atoms with Crippen molar-refractivity contribution in [2.24, 2.45) is 5.92 Å². The summed E-state index contributed by atoms with van der Waals surface area (Å²) < 4.78 is 7.88. The first-order valence-electron chi connectivity index (χ1n) is 11.8. The van der Waals surface area contributed by atoms with E-state index in [0.29, 0.717) is 55.1 Å². The fourth-order valence-corrected chi connectivity index (χ4v) is 4.25. The Morgan fingerprint density at radius 2 is 1.86 bits per heavy atom. The maximum atomic E-state index is 13.0. The number of amides is 1. The number of hydrogen-bond donors (Lipinski definition) is 0. The molecule has 1 amide bonds.